The third kappa shape index (κ3) is 4.10. The molecule has 0 unspecified atom stereocenters. The van der Waals surface area contributed by atoms with Crippen LogP contribution in [0.5, 0.6) is 0 Å². The Kier molecular flexibility index (Phi) is 5.42. The highest BCUT2D eigenvalue weighted by Gasteiger charge is 2.25. The molecule has 2 amide bonds. The molecule has 0 aromatic heterocycles. The van der Waals surface area contributed by atoms with Gasteiger partial charge in [0.1, 0.15) is 0 Å². The standard InChI is InChI=1S/C18H26N2O3/c1-4-16(22)20-9-7-13-11-14(5-6-15(13)20)17(23)19-12-18(2,3)8-10-21/h5-6,11,21H,4,7-10,12H2,1-3H3,(H,19,23). The highest BCUT2D eigenvalue weighted by molar-refractivity contribution is 5.98. The zero-order chi connectivity index (χ0) is 17.0. The number of amides is 2. The van der Waals surface area contributed by atoms with Crippen LogP contribution in [0.2, 0.25) is 0 Å². The molecule has 2 N–H and O–H groups in total. The molecular weight excluding hydrogens is 292 g/mol. The van der Waals surface area contributed by atoms with Crippen molar-refractivity contribution < 1.29 is 14.7 Å². The Labute approximate surface area is 137 Å². The van der Waals surface area contributed by atoms with E-state index in [-0.39, 0.29) is 23.8 Å². The lowest BCUT2D eigenvalue weighted by atomic mass is 9.89. The van der Waals surface area contributed by atoms with Crippen molar-refractivity contribution in [2.24, 2.45) is 5.41 Å². The normalized spacial score (nSPS) is 13.8. The summed E-state index contributed by atoms with van der Waals surface area (Å²) in [4.78, 5) is 26.0. The van der Waals surface area contributed by atoms with Gasteiger partial charge in [0.25, 0.3) is 5.91 Å². The minimum Gasteiger partial charge on any atom is -0.396 e. The van der Waals surface area contributed by atoms with Crippen LogP contribution in [-0.4, -0.2) is 36.6 Å². The highest BCUT2D eigenvalue weighted by Crippen LogP contribution is 2.29. The second kappa shape index (κ2) is 7.13. The number of aliphatic hydroxyl groups excluding tert-OH is 1. The molecule has 1 aliphatic rings. The van der Waals surface area contributed by atoms with Crippen molar-refractivity contribution in [1.29, 1.82) is 0 Å². The first-order valence-electron chi connectivity index (χ1n) is 8.20. The zero-order valence-electron chi connectivity index (χ0n) is 14.2. The van der Waals surface area contributed by atoms with Gasteiger partial charge >= 0.3 is 0 Å². The summed E-state index contributed by atoms with van der Waals surface area (Å²) >= 11 is 0. The lowest BCUT2D eigenvalue weighted by Crippen LogP contribution is -2.34. The number of hydrogen-bond acceptors (Lipinski definition) is 3. The van der Waals surface area contributed by atoms with Gasteiger partial charge in [0.05, 0.1) is 0 Å². The Balaban J connectivity index is 2.05. The summed E-state index contributed by atoms with van der Waals surface area (Å²) < 4.78 is 0. The van der Waals surface area contributed by atoms with Crippen LogP contribution in [0.4, 0.5) is 5.69 Å². The predicted octanol–water partition coefficient (Wildman–Crippen LogP) is 2.12. The minimum atomic E-state index is -0.133. The van der Waals surface area contributed by atoms with Crippen molar-refractivity contribution in [2.75, 3.05) is 24.6 Å². The molecule has 0 radical (unpaired) electrons. The lowest BCUT2D eigenvalue weighted by molar-refractivity contribution is -0.118. The molecule has 0 saturated carbocycles. The number of nitrogens with one attached hydrogen (secondary N) is 1. The summed E-state index contributed by atoms with van der Waals surface area (Å²) in [6.45, 7) is 7.21. The van der Waals surface area contributed by atoms with Crippen LogP contribution < -0.4 is 10.2 Å². The Hall–Kier alpha value is -1.88. The maximum absolute atomic E-state index is 12.3. The molecule has 1 heterocycles. The fourth-order valence-corrected chi connectivity index (χ4v) is 2.81. The summed E-state index contributed by atoms with van der Waals surface area (Å²) in [5.74, 6) is 0.00536. The predicted molar refractivity (Wildman–Crippen MR) is 90.6 cm³/mol. The molecule has 0 saturated heterocycles. The van der Waals surface area contributed by atoms with E-state index in [2.05, 4.69) is 5.32 Å². The van der Waals surface area contributed by atoms with Crippen LogP contribution in [0.1, 0.15) is 49.5 Å². The van der Waals surface area contributed by atoms with Gasteiger partial charge in [0.15, 0.2) is 0 Å². The number of benzene rings is 1. The third-order valence-corrected chi connectivity index (χ3v) is 4.36. The molecule has 0 bridgehead atoms. The third-order valence-electron chi connectivity index (χ3n) is 4.36. The molecule has 0 fully saturated rings. The van der Waals surface area contributed by atoms with E-state index < -0.39 is 0 Å². The van der Waals surface area contributed by atoms with Crippen LogP contribution >= 0.6 is 0 Å². The Bertz CT molecular complexity index is 596. The smallest absolute Gasteiger partial charge is 0.251 e. The maximum atomic E-state index is 12.3. The number of hydrogen-bond donors (Lipinski definition) is 2. The van der Waals surface area contributed by atoms with Crippen molar-refractivity contribution >= 4 is 17.5 Å². The summed E-state index contributed by atoms with van der Waals surface area (Å²) in [6.07, 6.45) is 1.92. The molecule has 0 atom stereocenters. The zero-order valence-corrected chi connectivity index (χ0v) is 14.2. The molecule has 1 aliphatic heterocycles. The lowest BCUT2D eigenvalue weighted by Gasteiger charge is -2.24. The van der Waals surface area contributed by atoms with Crippen LogP contribution in [-0.2, 0) is 11.2 Å². The second-order valence-electron chi connectivity index (χ2n) is 6.81. The van der Waals surface area contributed by atoms with Crippen molar-refractivity contribution in [3.8, 4) is 0 Å². The first-order valence-corrected chi connectivity index (χ1v) is 8.20. The van der Waals surface area contributed by atoms with Crippen molar-refractivity contribution in [2.45, 2.75) is 40.0 Å². The van der Waals surface area contributed by atoms with Crippen LogP contribution in [0.3, 0.4) is 0 Å². The molecule has 1 aromatic carbocycles. The van der Waals surface area contributed by atoms with E-state index >= 15 is 0 Å². The first kappa shape index (κ1) is 17.5. The van der Waals surface area contributed by atoms with Crippen molar-refractivity contribution in [3.63, 3.8) is 0 Å². The van der Waals surface area contributed by atoms with Gasteiger partial charge in [0.2, 0.25) is 5.91 Å². The van der Waals surface area contributed by atoms with Gasteiger partial charge in [-0.05, 0) is 42.0 Å². The van der Waals surface area contributed by atoms with Gasteiger partial charge in [-0.2, -0.15) is 0 Å². The van der Waals surface area contributed by atoms with Gasteiger partial charge in [-0.25, -0.2) is 0 Å². The molecule has 5 heteroatoms. The summed E-state index contributed by atoms with van der Waals surface area (Å²) in [7, 11) is 0. The van der Waals surface area contributed by atoms with Crippen LogP contribution in [0.15, 0.2) is 18.2 Å². The van der Waals surface area contributed by atoms with E-state index in [4.69, 9.17) is 5.11 Å². The fourth-order valence-electron chi connectivity index (χ4n) is 2.81. The Morgan fingerprint density at radius 2 is 2.09 bits per heavy atom. The minimum absolute atomic E-state index is 0.112. The molecule has 126 valence electrons. The number of carbonyl (C=O) groups is 2. The van der Waals surface area contributed by atoms with Crippen LogP contribution in [0.25, 0.3) is 0 Å². The van der Waals surface area contributed by atoms with Gasteiger partial charge < -0.3 is 15.3 Å². The SMILES string of the molecule is CCC(=O)N1CCc2cc(C(=O)NCC(C)(C)CCO)ccc21. The topological polar surface area (TPSA) is 69.6 Å². The van der Waals surface area contributed by atoms with Gasteiger partial charge in [0, 0.05) is 37.4 Å². The summed E-state index contributed by atoms with van der Waals surface area (Å²) in [5.41, 5.74) is 2.46. The maximum Gasteiger partial charge on any atom is 0.251 e. The monoisotopic (exact) mass is 318 g/mol. The quantitative estimate of drug-likeness (QED) is 0.844. The van der Waals surface area contributed by atoms with Crippen molar-refractivity contribution in [1.82, 2.24) is 5.32 Å². The highest BCUT2D eigenvalue weighted by atomic mass is 16.3. The van der Waals surface area contributed by atoms with E-state index in [1.165, 1.54) is 0 Å². The summed E-state index contributed by atoms with van der Waals surface area (Å²) in [5, 5.41) is 12.0. The number of aliphatic hydroxyl groups is 1. The largest absolute Gasteiger partial charge is 0.396 e. The molecule has 0 spiro atoms. The van der Waals surface area contributed by atoms with Crippen LogP contribution in [0, 0.1) is 5.41 Å². The van der Waals surface area contributed by atoms with E-state index in [0.717, 1.165) is 17.7 Å². The number of carbonyl (C=O) groups excluding carboxylic acids is 2. The average molecular weight is 318 g/mol. The molecule has 5 nitrogen and oxygen atoms in total. The Morgan fingerprint density at radius 1 is 1.35 bits per heavy atom. The van der Waals surface area contributed by atoms with Gasteiger partial charge in [-0.3, -0.25) is 9.59 Å². The van der Waals surface area contributed by atoms with E-state index in [9.17, 15) is 9.59 Å². The molecular formula is C18H26N2O3. The number of anilines is 1. The molecule has 0 aliphatic carbocycles. The Morgan fingerprint density at radius 3 is 2.74 bits per heavy atom. The number of rotatable bonds is 6. The van der Waals surface area contributed by atoms with E-state index in [1.54, 1.807) is 11.0 Å². The first-order chi connectivity index (χ1) is 10.9. The second-order valence-corrected chi connectivity index (χ2v) is 6.81. The van der Waals surface area contributed by atoms with Gasteiger partial charge in [-0.15, -0.1) is 0 Å². The fraction of sp³-hybridized carbons (Fsp3) is 0.556. The number of fused-ring (bicyclic) bond motifs is 1. The number of nitrogens with zero attached hydrogens (tertiary/aromatic N) is 1. The van der Waals surface area contributed by atoms with E-state index in [1.807, 2.05) is 32.9 Å². The molecule has 2 rings (SSSR count). The van der Waals surface area contributed by atoms with Gasteiger partial charge in [-0.1, -0.05) is 20.8 Å². The van der Waals surface area contributed by atoms with Crippen molar-refractivity contribution in [3.05, 3.63) is 29.3 Å². The average Bonchev–Trinajstić information content (AvgIpc) is 2.95. The molecule has 1 aromatic rings. The van der Waals surface area contributed by atoms with E-state index in [0.29, 0.717) is 31.5 Å². The summed E-state index contributed by atoms with van der Waals surface area (Å²) in [6, 6.07) is 5.52. The molecule has 23 heavy (non-hydrogen) atoms.